The van der Waals surface area contributed by atoms with Gasteiger partial charge in [-0.05, 0) is 5.41 Å². The number of thioether (sulfide) groups is 2. The largest absolute Gasteiger partial charge is 0.393 e. The van der Waals surface area contributed by atoms with Gasteiger partial charge in [0.2, 0.25) is 0 Å². The SMILES string of the molecule is NCCSCC1(CO)NC=CS1. The minimum absolute atomic E-state index is 0.155. The maximum Gasteiger partial charge on any atom is 0.119 e. The van der Waals surface area contributed by atoms with Crippen LogP contribution in [0.25, 0.3) is 0 Å². The van der Waals surface area contributed by atoms with Gasteiger partial charge in [0.15, 0.2) is 0 Å². The van der Waals surface area contributed by atoms with Gasteiger partial charge in [0, 0.05) is 24.3 Å². The van der Waals surface area contributed by atoms with E-state index in [-0.39, 0.29) is 11.5 Å². The highest BCUT2D eigenvalue weighted by Crippen LogP contribution is 2.31. The van der Waals surface area contributed by atoms with Crippen molar-refractivity contribution < 1.29 is 5.11 Å². The van der Waals surface area contributed by atoms with E-state index < -0.39 is 0 Å². The molecular formula is C7H14N2OS2. The van der Waals surface area contributed by atoms with Crippen LogP contribution in [0.15, 0.2) is 11.6 Å². The Labute approximate surface area is 81.2 Å². The molecule has 1 rings (SSSR count). The highest BCUT2D eigenvalue weighted by molar-refractivity contribution is 8.05. The molecule has 0 saturated heterocycles. The summed E-state index contributed by atoms with van der Waals surface area (Å²) >= 11 is 3.40. The molecule has 4 N–H and O–H groups in total. The van der Waals surface area contributed by atoms with Gasteiger partial charge in [-0.15, -0.1) is 11.8 Å². The van der Waals surface area contributed by atoms with E-state index in [0.717, 1.165) is 11.5 Å². The van der Waals surface area contributed by atoms with Gasteiger partial charge in [-0.25, -0.2) is 0 Å². The monoisotopic (exact) mass is 206 g/mol. The normalized spacial score (nSPS) is 27.5. The fraction of sp³-hybridized carbons (Fsp3) is 0.714. The number of rotatable bonds is 5. The molecule has 0 fully saturated rings. The van der Waals surface area contributed by atoms with E-state index in [9.17, 15) is 0 Å². The molecular weight excluding hydrogens is 192 g/mol. The minimum atomic E-state index is -0.195. The van der Waals surface area contributed by atoms with Crippen LogP contribution in [-0.4, -0.2) is 34.6 Å². The molecule has 0 aromatic heterocycles. The van der Waals surface area contributed by atoms with Crippen molar-refractivity contribution in [3.8, 4) is 0 Å². The van der Waals surface area contributed by atoms with Gasteiger partial charge in [-0.2, -0.15) is 11.8 Å². The fourth-order valence-electron chi connectivity index (χ4n) is 0.909. The van der Waals surface area contributed by atoms with Gasteiger partial charge in [-0.1, -0.05) is 0 Å². The highest BCUT2D eigenvalue weighted by Gasteiger charge is 2.30. The maximum atomic E-state index is 9.15. The van der Waals surface area contributed by atoms with Crippen LogP contribution in [-0.2, 0) is 0 Å². The summed E-state index contributed by atoms with van der Waals surface area (Å²) in [5.41, 5.74) is 5.37. The van der Waals surface area contributed by atoms with Crippen molar-refractivity contribution in [2.45, 2.75) is 4.87 Å². The van der Waals surface area contributed by atoms with Gasteiger partial charge in [0.25, 0.3) is 0 Å². The molecule has 0 aromatic carbocycles. The first-order chi connectivity index (χ1) is 5.83. The summed E-state index contributed by atoms with van der Waals surface area (Å²) in [6.45, 7) is 0.854. The molecule has 0 amide bonds. The summed E-state index contributed by atoms with van der Waals surface area (Å²) in [7, 11) is 0. The lowest BCUT2D eigenvalue weighted by molar-refractivity contribution is 0.249. The van der Waals surface area contributed by atoms with Gasteiger partial charge < -0.3 is 16.2 Å². The summed E-state index contributed by atoms with van der Waals surface area (Å²) in [6.07, 6.45) is 1.88. The molecule has 0 spiro atoms. The first-order valence-corrected chi connectivity index (χ1v) is 5.86. The van der Waals surface area contributed by atoms with E-state index >= 15 is 0 Å². The number of hydrogen-bond acceptors (Lipinski definition) is 5. The maximum absolute atomic E-state index is 9.15. The molecule has 1 heterocycles. The summed E-state index contributed by atoms with van der Waals surface area (Å²) in [5.74, 6) is 1.84. The van der Waals surface area contributed by atoms with Gasteiger partial charge >= 0.3 is 0 Å². The molecule has 0 saturated carbocycles. The number of nitrogens with two attached hydrogens (primary N) is 1. The molecule has 1 aliphatic heterocycles. The van der Waals surface area contributed by atoms with Crippen molar-refractivity contribution in [1.82, 2.24) is 5.32 Å². The van der Waals surface area contributed by atoms with E-state index in [0.29, 0.717) is 6.54 Å². The van der Waals surface area contributed by atoms with Crippen molar-refractivity contribution in [2.75, 3.05) is 24.7 Å². The van der Waals surface area contributed by atoms with E-state index in [1.165, 1.54) is 0 Å². The Kier molecular flexibility index (Phi) is 4.28. The molecule has 12 heavy (non-hydrogen) atoms. The second-order valence-corrected chi connectivity index (χ2v) is 4.95. The Morgan fingerprint density at radius 1 is 1.67 bits per heavy atom. The number of aliphatic hydroxyl groups is 1. The first kappa shape index (κ1) is 10.2. The Morgan fingerprint density at radius 3 is 3.00 bits per heavy atom. The Hall–Kier alpha value is 0.160. The van der Waals surface area contributed by atoms with E-state index in [4.69, 9.17) is 10.8 Å². The van der Waals surface area contributed by atoms with Crippen molar-refractivity contribution in [1.29, 1.82) is 0 Å². The molecule has 0 aliphatic carbocycles. The number of hydrogen-bond donors (Lipinski definition) is 3. The Balaban J connectivity index is 2.25. The lowest BCUT2D eigenvalue weighted by atomic mass is 10.3. The zero-order valence-corrected chi connectivity index (χ0v) is 8.46. The quantitative estimate of drug-likeness (QED) is 0.560. The smallest absolute Gasteiger partial charge is 0.119 e. The second kappa shape index (κ2) is 5.01. The highest BCUT2D eigenvalue weighted by atomic mass is 32.2. The topological polar surface area (TPSA) is 58.3 Å². The molecule has 1 unspecified atom stereocenters. The van der Waals surface area contributed by atoms with Crippen LogP contribution < -0.4 is 11.1 Å². The predicted octanol–water partition coefficient (Wildman–Crippen LogP) is 0.175. The van der Waals surface area contributed by atoms with Crippen molar-refractivity contribution in [3.05, 3.63) is 11.6 Å². The third-order valence-corrected chi connectivity index (χ3v) is 4.08. The van der Waals surface area contributed by atoms with E-state index in [2.05, 4.69) is 5.32 Å². The number of nitrogens with one attached hydrogen (secondary N) is 1. The van der Waals surface area contributed by atoms with Crippen molar-refractivity contribution >= 4 is 23.5 Å². The van der Waals surface area contributed by atoms with Crippen LogP contribution in [0.2, 0.25) is 0 Å². The van der Waals surface area contributed by atoms with Crippen LogP contribution in [0.3, 0.4) is 0 Å². The van der Waals surface area contributed by atoms with Gasteiger partial charge in [0.1, 0.15) is 4.87 Å². The average molecular weight is 206 g/mol. The van der Waals surface area contributed by atoms with Crippen molar-refractivity contribution in [2.24, 2.45) is 5.73 Å². The summed E-state index contributed by atoms with van der Waals surface area (Å²) < 4.78 is 0. The third kappa shape index (κ3) is 2.58. The van der Waals surface area contributed by atoms with Crippen LogP contribution >= 0.6 is 23.5 Å². The molecule has 0 radical (unpaired) electrons. The average Bonchev–Trinajstić information content (AvgIpc) is 2.55. The van der Waals surface area contributed by atoms with Crippen LogP contribution in [0.4, 0.5) is 0 Å². The van der Waals surface area contributed by atoms with Crippen LogP contribution in [0.1, 0.15) is 0 Å². The lowest BCUT2D eigenvalue weighted by Gasteiger charge is -2.25. The van der Waals surface area contributed by atoms with E-state index in [1.807, 2.05) is 11.6 Å². The van der Waals surface area contributed by atoms with Crippen LogP contribution in [0.5, 0.6) is 0 Å². The molecule has 5 heteroatoms. The molecule has 70 valence electrons. The summed E-state index contributed by atoms with van der Waals surface area (Å²) in [5, 5.41) is 14.3. The third-order valence-electron chi connectivity index (χ3n) is 1.56. The zero-order chi connectivity index (χ0) is 8.86. The van der Waals surface area contributed by atoms with E-state index in [1.54, 1.807) is 23.5 Å². The predicted molar refractivity (Wildman–Crippen MR) is 56.1 cm³/mol. The van der Waals surface area contributed by atoms with Gasteiger partial charge in [0.05, 0.1) is 6.61 Å². The van der Waals surface area contributed by atoms with Crippen LogP contribution in [0, 0.1) is 0 Å². The molecule has 3 nitrogen and oxygen atoms in total. The van der Waals surface area contributed by atoms with Gasteiger partial charge in [-0.3, -0.25) is 0 Å². The first-order valence-electron chi connectivity index (χ1n) is 3.82. The summed E-state index contributed by atoms with van der Waals surface area (Å²) in [6, 6.07) is 0. The summed E-state index contributed by atoms with van der Waals surface area (Å²) in [4.78, 5) is -0.195. The minimum Gasteiger partial charge on any atom is -0.393 e. The zero-order valence-electron chi connectivity index (χ0n) is 6.82. The molecule has 0 aromatic rings. The standard InChI is InChI=1S/C7H14N2OS2/c8-1-3-11-6-7(5-10)9-2-4-12-7/h2,4,9-10H,1,3,5-6,8H2. The Bertz CT molecular complexity index is 155. The fourth-order valence-corrected chi connectivity index (χ4v) is 2.85. The lowest BCUT2D eigenvalue weighted by Crippen LogP contribution is -2.42. The van der Waals surface area contributed by atoms with Crippen molar-refractivity contribution in [3.63, 3.8) is 0 Å². The molecule has 0 bridgehead atoms. The molecule has 1 aliphatic rings. The number of aliphatic hydroxyl groups excluding tert-OH is 1. The molecule has 1 atom stereocenters. The Morgan fingerprint density at radius 2 is 2.50 bits per heavy atom. The second-order valence-electron chi connectivity index (χ2n) is 2.56.